The normalized spacial score (nSPS) is 13.8. The molecule has 3 nitrogen and oxygen atoms in total. The van der Waals surface area contributed by atoms with Gasteiger partial charge in [-0.1, -0.05) is 12.2 Å². The Bertz CT molecular complexity index is 661. The van der Waals surface area contributed by atoms with Crippen LogP contribution >= 0.6 is 35.3 Å². The van der Waals surface area contributed by atoms with Crippen molar-refractivity contribution in [2.75, 3.05) is 14.1 Å². The van der Waals surface area contributed by atoms with Crippen LogP contribution in [0.3, 0.4) is 0 Å². The van der Waals surface area contributed by atoms with Gasteiger partial charge >= 0.3 is 0 Å². The fourth-order valence-electron chi connectivity index (χ4n) is 2.31. The van der Waals surface area contributed by atoms with Crippen LogP contribution in [0.2, 0.25) is 0 Å². The topological polar surface area (TPSA) is 29.0 Å². The summed E-state index contributed by atoms with van der Waals surface area (Å²) in [6.45, 7) is 1.95. The van der Waals surface area contributed by atoms with Crippen LogP contribution in [0.15, 0.2) is 5.03 Å². The fourth-order valence-corrected chi connectivity index (χ4v) is 4.77. The SMILES string of the molecule is Cc1nc(SC(=S)N(C)C)c2c3c(sc2n1)CCC3. The summed E-state index contributed by atoms with van der Waals surface area (Å²) in [5.41, 5.74) is 1.46. The van der Waals surface area contributed by atoms with Crippen LogP contribution in [0.4, 0.5) is 0 Å². The van der Waals surface area contributed by atoms with Gasteiger partial charge in [0.25, 0.3) is 0 Å². The van der Waals surface area contributed by atoms with Gasteiger partial charge in [0.1, 0.15) is 20.0 Å². The average molecular weight is 309 g/mol. The summed E-state index contributed by atoms with van der Waals surface area (Å²) in [4.78, 5) is 13.8. The van der Waals surface area contributed by atoms with Gasteiger partial charge in [-0.3, -0.25) is 0 Å². The highest BCUT2D eigenvalue weighted by Gasteiger charge is 2.22. The molecular formula is C13H15N3S3. The highest BCUT2D eigenvalue weighted by molar-refractivity contribution is 8.23. The number of thioether (sulfide) groups is 1. The Hall–Kier alpha value is -0.720. The molecule has 1 aliphatic rings. The zero-order chi connectivity index (χ0) is 13.6. The standard InChI is InChI=1S/C13H15N3S3/c1-7-14-11-10(8-5-4-6-9(8)18-11)12(15-7)19-13(17)16(2)3/h4-6H2,1-3H3. The lowest BCUT2D eigenvalue weighted by molar-refractivity contribution is 0.648. The summed E-state index contributed by atoms with van der Waals surface area (Å²) < 4.78 is 0.845. The van der Waals surface area contributed by atoms with Crippen molar-refractivity contribution in [3.63, 3.8) is 0 Å². The van der Waals surface area contributed by atoms with Crippen molar-refractivity contribution in [1.82, 2.24) is 14.9 Å². The molecule has 0 bridgehead atoms. The van der Waals surface area contributed by atoms with Crippen LogP contribution in [0.25, 0.3) is 10.2 Å². The minimum atomic E-state index is 0.830. The molecule has 0 radical (unpaired) electrons. The second-order valence-electron chi connectivity index (χ2n) is 4.88. The Labute approximate surface area is 126 Å². The van der Waals surface area contributed by atoms with Gasteiger partial charge in [0.15, 0.2) is 0 Å². The lowest BCUT2D eigenvalue weighted by atomic mass is 10.2. The summed E-state index contributed by atoms with van der Waals surface area (Å²) >= 11 is 8.81. The number of aryl methyl sites for hydroxylation is 3. The molecule has 0 aliphatic heterocycles. The van der Waals surface area contributed by atoms with Crippen molar-refractivity contribution in [1.29, 1.82) is 0 Å². The van der Waals surface area contributed by atoms with E-state index in [0.717, 1.165) is 26.4 Å². The largest absolute Gasteiger partial charge is 0.363 e. The number of thiophene rings is 1. The first-order valence-corrected chi connectivity index (χ1v) is 8.28. The molecule has 100 valence electrons. The number of hydrogen-bond donors (Lipinski definition) is 0. The quantitative estimate of drug-likeness (QED) is 0.457. The Morgan fingerprint density at radius 2 is 2.11 bits per heavy atom. The van der Waals surface area contributed by atoms with E-state index in [1.165, 1.54) is 28.7 Å². The van der Waals surface area contributed by atoms with Crippen molar-refractivity contribution in [2.45, 2.75) is 31.2 Å². The van der Waals surface area contributed by atoms with E-state index >= 15 is 0 Å². The highest BCUT2D eigenvalue weighted by Crippen LogP contribution is 2.40. The molecule has 1 aliphatic carbocycles. The van der Waals surface area contributed by atoms with Crippen LogP contribution in [-0.4, -0.2) is 33.3 Å². The van der Waals surface area contributed by atoms with Gasteiger partial charge in [-0.15, -0.1) is 11.3 Å². The lowest BCUT2D eigenvalue weighted by Gasteiger charge is -2.13. The van der Waals surface area contributed by atoms with E-state index in [4.69, 9.17) is 12.2 Å². The molecule has 2 aromatic rings. The number of nitrogens with zero attached hydrogens (tertiary/aromatic N) is 3. The number of rotatable bonds is 1. The van der Waals surface area contributed by atoms with Crippen LogP contribution in [0, 0.1) is 6.92 Å². The molecule has 0 unspecified atom stereocenters. The summed E-state index contributed by atoms with van der Waals surface area (Å²) in [7, 11) is 3.94. The lowest BCUT2D eigenvalue weighted by Crippen LogP contribution is -2.16. The number of fused-ring (bicyclic) bond motifs is 3. The summed E-state index contributed by atoms with van der Waals surface area (Å²) in [5.74, 6) is 0.830. The zero-order valence-corrected chi connectivity index (χ0v) is 13.6. The molecule has 2 heterocycles. The third-order valence-electron chi connectivity index (χ3n) is 3.19. The molecule has 2 aromatic heterocycles. The molecular weight excluding hydrogens is 294 g/mol. The van der Waals surface area contributed by atoms with Crippen molar-refractivity contribution < 1.29 is 0 Å². The molecule has 0 N–H and O–H groups in total. The van der Waals surface area contributed by atoms with E-state index in [2.05, 4.69) is 9.97 Å². The Balaban J connectivity index is 2.14. The fraction of sp³-hybridized carbons (Fsp3) is 0.462. The Morgan fingerprint density at radius 1 is 1.32 bits per heavy atom. The molecule has 0 spiro atoms. The summed E-state index contributed by atoms with van der Waals surface area (Å²) in [6.07, 6.45) is 3.61. The van der Waals surface area contributed by atoms with Crippen LogP contribution in [-0.2, 0) is 12.8 Å². The van der Waals surface area contributed by atoms with Gasteiger partial charge in [0.05, 0.1) is 0 Å². The van der Waals surface area contributed by atoms with Gasteiger partial charge < -0.3 is 4.90 Å². The van der Waals surface area contributed by atoms with Gasteiger partial charge in [-0.25, -0.2) is 9.97 Å². The maximum atomic E-state index is 5.40. The molecule has 0 amide bonds. The third-order valence-corrected chi connectivity index (χ3v) is 6.02. The first-order valence-electron chi connectivity index (χ1n) is 6.24. The molecule has 0 saturated carbocycles. The van der Waals surface area contributed by atoms with Gasteiger partial charge in [-0.05, 0) is 43.5 Å². The van der Waals surface area contributed by atoms with Crippen molar-refractivity contribution >= 4 is 49.9 Å². The van der Waals surface area contributed by atoms with Crippen LogP contribution < -0.4 is 0 Å². The second-order valence-corrected chi connectivity index (χ2v) is 7.58. The smallest absolute Gasteiger partial charge is 0.142 e. The first-order chi connectivity index (χ1) is 9.06. The average Bonchev–Trinajstić information content (AvgIpc) is 2.87. The van der Waals surface area contributed by atoms with E-state index in [1.54, 1.807) is 11.8 Å². The van der Waals surface area contributed by atoms with Gasteiger partial charge in [0.2, 0.25) is 0 Å². The zero-order valence-electron chi connectivity index (χ0n) is 11.2. The molecule has 6 heteroatoms. The number of hydrogen-bond acceptors (Lipinski definition) is 5. The summed E-state index contributed by atoms with van der Waals surface area (Å²) in [5, 5.41) is 2.28. The van der Waals surface area contributed by atoms with Crippen LogP contribution in [0.1, 0.15) is 22.7 Å². The molecule has 0 aromatic carbocycles. The third kappa shape index (κ3) is 2.37. The highest BCUT2D eigenvalue weighted by atomic mass is 32.2. The Kier molecular flexibility index (Phi) is 3.49. The Morgan fingerprint density at radius 3 is 2.84 bits per heavy atom. The van der Waals surface area contributed by atoms with Gasteiger partial charge in [0, 0.05) is 24.4 Å². The number of aromatic nitrogens is 2. The van der Waals surface area contributed by atoms with Crippen molar-refractivity contribution in [2.24, 2.45) is 0 Å². The molecule has 19 heavy (non-hydrogen) atoms. The number of thiocarbonyl (C=S) groups is 1. The van der Waals surface area contributed by atoms with Crippen molar-refractivity contribution in [3.8, 4) is 0 Å². The monoisotopic (exact) mass is 309 g/mol. The maximum absolute atomic E-state index is 5.40. The molecule has 0 saturated heterocycles. The minimum absolute atomic E-state index is 0.830. The predicted molar refractivity (Wildman–Crippen MR) is 86.3 cm³/mol. The minimum Gasteiger partial charge on any atom is -0.363 e. The second kappa shape index (κ2) is 5.00. The maximum Gasteiger partial charge on any atom is 0.142 e. The van der Waals surface area contributed by atoms with Crippen LogP contribution in [0.5, 0.6) is 0 Å². The van der Waals surface area contributed by atoms with Gasteiger partial charge in [-0.2, -0.15) is 0 Å². The molecule has 0 fully saturated rings. The van der Waals surface area contributed by atoms with E-state index in [9.17, 15) is 0 Å². The summed E-state index contributed by atoms with van der Waals surface area (Å²) in [6, 6.07) is 0. The van der Waals surface area contributed by atoms with Crippen molar-refractivity contribution in [3.05, 3.63) is 16.3 Å². The predicted octanol–water partition coefficient (Wildman–Crippen LogP) is 3.43. The van der Waals surface area contributed by atoms with E-state index in [1.807, 2.05) is 37.3 Å². The molecule has 0 atom stereocenters. The van der Waals surface area contributed by atoms with E-state index in [0.29, 0.717) is 0 Å². The first kappa shape index (κ1) is 13.3. The van der Waals surface area contributed by atoms with E-state index < -0.39 is 0 Å². The molecule has 3 rings (SSSR count). The van der Waals surface area contributed by atoms with E-state index in [-0.39, 0.29) is 0 Å².